The lowest BCUT2D eigenvalue weighted by Gasteiger charge is -2.11. The number of imidazole rings is 1. The lowest BCUT2D eigenvalue weighted by molar-refractivity contribution is 0.515. The average Bonchev–Trinajstić information content (AvgIpc) is 2.57. The van der Waals surface area contributed by atoms with E-state index >= 15 is 0 Å². The molecule has 0 saturated carbocycles. The number of halogens is 1. The number of benzene rings is 1. The zero-order valence-electron chi connectivity index (χ0n) is 10.8. The third-order valence-corrected chi connectivity index (χ3v) is 2.75. The van der Waals surface area contributed by atoms with Gasteiger partial charge in [-0.15, -0.1) is 12.4 Å². The van der Waals surface area contributed by atoms with E-state index in [0.29, 0.717) is 5.92 Å². The number of aryl methyl sites for hydroxylation is 1. The zero-order valence-corrected chi connectivity index (χ0v) is 11.6. The van der Waals surface area contributed by atoms with Crippen LogP contribution >= 0.6 is 12.4 Å². The van der Waals surface area contributed by atoms with Crippen molar-refractivity contribution < 1.29 is 0 Å². The second kappa shape index (κ2) is 6.06. The molecular formula is C14H21ClN2. The van der Waals surface area contributed by atoms with Gasteiger partial charge in [-0.1, -0.05) is 32.9 Å². The molecule has 17 heavy (non-hydrogen) atoms. The van der Waals surface area contributed by atoms with Crippen LogP contribution in [0.1, 0.15) is 33.0 Å². The number of fused-ring (bicyclic) bond motifs is 1. The molecule has 0 spiro atoms. The second-order valence-electron chi connectivity index (χ2n) is 4.77. The van der Waals surface area contributed by atoms with Crippen LogP contribution in [-0.4, -0.2) is 9.55 Å². The summed E-state index contributed by atoms with van der Waals surface area (Å²) >= 11 is 0. The molecule has 2 rings (SSSR count). The Bertz CT molecular complexity index is 474. The fraction of sp³-hybridized carbons (Fsp3) is 0.500. The first-order chi connectivity index (χ1) is 7.72. The maximum Gasteiger partial charge on any atom is 0.109 e. The average molecular weight is 253 g/mol. The fourth-order valence-corrected chi connectivity index (χ4v) is 2.11. The molecule has 0 fully saturated rings. The molecule has 94 valence electrons. The molecule has 0 bridgehead atoms. The van der Waals surface area contributed by atoms with E-state index < -0.39 is 0 Å². The highest BCUT2D eigenvalue weighted by atomic mass is 35.5. The Hall–Kier alpha value is -1.02. The van der Waals surface area contributed by atoms with Gasteiger partial charge in [-0.05, 0) is 24.5 Å². The van der Waals surface area contributed by atoms with Crippen LogP contribution in [0.2, 0.25) is 0 Å². The van der Waals surface area contributed by atoms with Crippen LogP contribution < -0.4 is 0 Å². The number of aromatic nitrogens is 2. The van der Waals surface area contributed by atoms with Crippen LogP contribution in [0.5, 0.6) is 0 Å². The summed E-state index contributed by atoms with van der Waals surface area (Å²) in [6.07, 6.45) is 2.23. The Morgan fingerprint density at radius 1 is 1.24 bits per heavy atom. The molecule has 0 aliphatic carbocycles. The molecule has 0 aliphatic rings. The fourth-order valence-electron chi connectivity index (χ4n) is 2.11. The number of hydrogen-bond acceptors (Lipinski definition) is 1. The smallest absolute Gasteiger partial charge is 0.109 e. The van der Waals surface area contributed by atoms with Gasteiger partial charge in [0.05, 0.1) is 11.0 Å². The first-order valence-electron chi connectivity index (χ1n) is 6.16. The highest BCUT2D eigenvalue weighted by Crippen LogP contribution is 2.18. The third kappa shape index (κ3) is 3.01. The Kier molecular flexibility index (Phi) is 5.01. The van der Waals surface area contributed by atoms with Crippen molar-refractivity contribution in [2.24, 2.45) is 5.92 Å². The third-order valence-electron chi connectivity index (χ3n) is 2.75. The van der Waals surface area contributed by atoms with E-state index in [4.69, 9.17) is 4.98 Å². The number of nitrogens with zero attached hydrogens (tertiary/aromatic N) is 2. The highest BCUT2D eigenvalue weighted by Gasteiger charge is 2.10. The van der Waals surface area contributed by atoms with E-state index in [1.165, 1.54) is 11.3 Å². The molecular weight excluding hydrogens is 232 g/mol. The number of hydrogen-bond donors (Lipinski definition) is 0. The molecule has 2 aromatic rings. The van der Waals surface area contributed by atoms with Crippen LogP contribution in [0.4, 0.5) is 0 Å². The van der Waals surface area contributed by atoms with Gasteiger partial charge in [0, 0.05) is 13.0 Å². The van der Waals surface area contributed by atoms with E-state index in [-0.39, 0.29) is 12.4 Å². The molecule has 0 saturated heterocycles. The first kappa shape index (κ1) is 14.0. The molecule has 0 amide bonds. The topological polar surface area (TPSA) is 17.8 Å². The molecule has 0 aliphatic heterocycles. The lowest BCUT2D eigenvalue weighted by atomic mass is 10.2. The predicted octanol–water partition coefficient (Wildman–Crippen LogP) is 4.07. The minimum atomic E-state index is 0. The van der Waals surface area contributed by atoms with Crippen LogP contribution in [0.3, 0.4) is 0 Å². The summed E-state index contributed by atoms with van der Waals surface area (Å²) in [5.41, 5.74) is 2.41. The lowest BCUT2D eigenvalue weighted by Crippen LogP contribution is -2.08. The maximum absolute atomic E-state index is 4.72. The minimum absolute atomic E-state index is 0. The van der Waals surface area contributed by atoms with E-state index in [2.05, 4.69) is 49.6 Å². The van der Waals surface area contributed by atoms with Gasteiger partial charge in [-0.3, -0.25) is 0 Å². The zero-order chi connectivity index (χ0) is 11.5. The van der Waals surface area contributed by atoms with Gasteiger partial charge in [0.2, 0.25) is 0 Å². The summed E-state index contributed by atoms with van der Waals surface area (Å²) in [5.74, 6) is 1.89. The molecule has 1 heterocycles. The van der Waals surface area contributed by atoms with Crippen molar-refractivity contribution in [1.82, 2.24) is 9.55 Å². The Morgan fingerprint density at radius 3 is 2.59 bits per heavy atom. The summed E-state index contributed by atoms with van der Waals surface area (Å²) in [7, 11) is 0. The van der Waals surface area contributed by atoms with Crippen molar-refractivity contribution in [3.05, 3.63) is 30.1 Å². The summed E-state index contributed by atoms with van der Waals surface area (Å²) < 4.78 is 2.38. The Labute approximate surface area is 109 Å². The van der Waals surface area contributed by atoms with Gasteiger partial charge < -0.3 is 4.57 Å². The molecule has 1 aromatic carbocycles. The van der Waals surface area contributed by atoms with Crippen molar-refractivity contribution in [3.8, 4) is 0 Å². The van der Waals surface area contributed by atoms with Crippen molar-refractivity contribution in [2.75, 3.05) is 0 Å². The van der Waals surface area contributed by atoms with Crippen LogP contribution in [0, 0.1) is 5.92 Å². The summed E-state index contributed by atoms with van der Waals surface area (Å²) in [5, 5.41) is 0. The molecule has 0 radical (unpaired) electrons. The number of para-hydroxylation sites is 2. The molecule has 3 heteroatoms. The highest BCUT2D eigenvalue weighted by molar-refractivity contribution is 5.85. The molecule has 1 aromatic heterocycles. The van der Waals surface area contributed by atoms with E-state index in [1.807, 2.05) is 0 Å². The number of rotatable bonds is 4. The standard InChI is InChI=1S/C14H20N2.ClH/c1-4-7-14-15-12-8-5-6-9-13(12)16(14)10-11(2)3;/h5-6,8-9,11H,4,7,10H2,1-3H3;1H. The minimum Gasteiger partial charge on any atom is -0.328 e. The van der Waals surface area contributed by atoms with Gasteiger partial charge >= 0.3 is 0 Å². The van der Waals surface area contributed by atoms with Gasteiger partial charge in [-0.25, -0.2) is 4.98 Å². The van der Waals surface area contributed by atoms with Gasteiger partial charge in [0.15, 0.2) is 0 Å². The van der Waals surface area contributed by atoms with Gasteiger partial charge in [-0.2, -0.15) is 0 Å². The van der Waals surface area contributed by atoms with Crippen molar-refractivity contribution in [3.63, 3.8) is 0 Å². The second-order valence-corrected chi connectivity index (χ2v) is 4.77. The quantitative estimate of drug-likeness (QED) is 0.802. The van der Waals surface area contributed by atoms with Crippen molar-refractivity contribution in [2.45, 2.75) is 40.2 Å². The molecule has 0 unspecified atom stereocenters. The van der Waals surface area contributed by atoms with Crippen molar-refractivity contribution in [1.29, 1.82) is 0 Å². The predicted molar refractivity (Wildman–Crippen MR) is 75.8 cm³/mol. The van der Waals surface area contributed by atoms with Gasteiger partial charge in [0.1, 0.15) is 5.82 Å². The first-order valence-corrected chi connectivity index (χ1v) is 6.16. The SMILES string of the molecule is CCCc1nc2ccccc2n1CC(C)C.Cl. The maximum atomic E-state index is 4.72. The van der Waals surface area contributed by atoms with E-state index in [1.54, 1.807) is 0 Å². The van der Waals surface area contributed by atoms with Crippen LogP contribution in [-0.2, 0) is 13.0 Å². The monoisotopic (exact) mass is 252 g/mol. The normalized spacial score (nSPS) is 10.8. The largest absolute Gasteiger partial charge is 0.328 e. The summed E-state index contributed by atoms with van der Waals surface area (Å²) in [6, 6.07) is 8.43. The summed E-state index contributed by atoms with van der Waals surface area (Å²) in [4.78, 5) is 4.72. The Balaban J connectivity index is 0.00000144. The Morgan fingerprint density at radius 2 is 1.94 bits per heavy atom. The molecule has 0 N–H and O–H groups in total. The van der Waals surface area contributed by atoms with Crippen molar-refractivity contribution >= 4 is 23.4 Å². The van der Waals surface area contributed by atoms with E-state index in [9.17, 15) is 0 Å². The summed E-state index contributed by atoms with van der Waals surface area (Å²) in [6.45, 7) is 7.78. The van der Waals surface area contributed by atoms with Gasteiger partial charge in [0.25, 0.3) is 0 Å². The molecule has 0 atom stereocenters. The van der Waals surface area contributed by atoms with E-state index in [0.717, 1.165) is 24.9 Å². The van der Waals surface area contributed by atoms with Crippen LogP contribution in [0.15, 0.2) is 24.3 Å². The molecule has 2 nitrogen and oxygen atoms in total. The van der Waals surface area contributed by atoms with Crippen LogP contribution in [0.25, 0.3) is 11.0 Å².